The van der Waals surface area contributed by atoms with Crippen LogP contribution in [0.25, 0.3) is 0 Å². The molecule has 2 atom stereocenters. The second-order valence-corrected chi connectivity index (χ2v) is 8.09. The van der Waals surface area contributed by atoms with Crippen molar-refractivity contribution in [2.45, 2.75) is 38.0 Å². The third-order valence-electron chi connectivity index (χ3n) is 4.44. The number of fused-ring (bicyclic) bond motifs is 1. The molecule has 1 saturated heterocycles. The quantitative estimate of drug-likeness (QED) is 0.880. The maximum absolute atomic E-state index is 12.1. The third-order valence-corrected chi connectivity index (χ3v) is 6.64. The van der Waals surface area contributed by atoms with Crippen molar-refractivity contribution in [3.05, 3.63) is 21.9 Å². The smallest absolute Gasteiger partial charge is 0.252 e. The lowest BCUT2D eigenvalue weighted by molar-refractivity contribution is -0.137. The zero-order valence-corrected chi connectivity index (χ0v) is 13.9. The van der Waals surface area contributed by atoms with Crippen LogP contribution in [0.15, 0.2) is 11.4 Å². The Morgan fingerprint density at radius 3 is 3.24 bits per heavy atom. The van der Waals surface area contributed by atoms with Gasteiger partial charge in [-0.3, -0.25) is 9.69 Å². The minimum atomic E-state index is -1.15. The largest absolute Gasteiger partial charge is 0.379 e. The molecule has 0 aromatic carbocycles. The number of hydrogen-bond donors (Lipinski definition) is 2. The van der Waals surface area contributed by atoms with Gasteiger partial charge in [-0.15, -0.1) is 11.3 Å². The highest BCUT2D eigenvalue weighted by Gasteiger charge is 2.39. The summed E-state index contributed by atoms with van der Waals surface area (Å²) in [7, 11) is 0. The van der Waals surface area contributed by atoms with E-state index in [1.54, 1.807) is 11.8 Å². The molecule has 0 saturated carbocycles. The van der Waals surface area contributed by atoms with Gasteiger partial charge in [-0.05, 0) is 42.5 Å². The van der Waals surface area contributed by atoms with Crippen molar-refractivity contribution in [1.29, 1.82) is 0 Å². The molecule has 21 heavy (non-hydrogen) atoms. The number of nitrogens with zero attached hydrogens (tertiary/aromatic N) is 1. The Morgan fingerprint density at radius 2 is 2.48 bits per heavy atom. The van der Waals surface area contributed by atoms with Crippen molar-refractivity contribution in [3.8, 4) is 0 Å². The van der Waals surface area contributed by atoms with Gasteiger partial charge in [-0.1, -0.05) is 0 Å². The highest BCUT2D eigenvalue weighted by Crippen LogP contribution is 2.28. The monoisotopic (exact) mass is 326 g/mol. The fraction of sp³-hybridized carbons (Fsp3) is 0.667. The topological polar surface area (TPSA) is 52.6 Å². The van der Waals surface area contributed by atoms with Crippen molar-refractivity contribution in [2.24, 2.45) is 0 Å². The zero-order chi connectivity index (χ0) is 14.9. The summed E-state index contributed by atoms with van der Waals surface area (Å²) >= 11 is 3.49. The summed E-state index contributed by atoms with van der Waals surface area (Å²) in [4.78, 5) is 16.0. The van der Waals surface area contributed by atoms with Crippen molar-refractivity contribution < 1.29 is 9.90 Å². The molecule has 2 aliphatic rings. The summed E-state index contributed by atoms with van der Waals surface area (Å²) in [6.07, 6.45) is 1.67. The van der Waals surface area contributed by atoms with Crippen LogP contribution in [-0.2, 0) is 17.8 Å². The Hall–Kier alpha value is -0.560. The molecule has 1 aromatic rings. The summed E-state index contributed by atoms with van der Waals surface area (Å²) in [5, 5.41) is 15.3. The first kappa shape index (κ1) is 15.3. The molecule has 6 heteroatoms. The van der Waals surface area contributed by atoms with Crippen LogP contribution in [0.3, 0.4) is 0 Å². The normalized spacial score (nSPS) is 27.3. The lowest BCUT2D eigenvalue weighted by Gasteiger charge is -2.33. The fourth-order valence-electron chi connectivity index (χ4n) is 2.91. The summed E-state index contributed by atoms with van der Waals surface area (Å²) in [6, 6.07) is 2.50. The Bertz CT molecular complexity index is 512. The molecule has 3 heterocycles. The van der Waals surface area contributed by atoms with Crippen LogP contribution in [0.4, 0.5) is 0 Å². The van der Waals surface area contributed by atoms with Crippen LogP contribution in [-0.4, -0.2) is 52.2 Å². The number of thioether (sulfide) groups is 1. The van der Waals surface area contributed by atoms with Gasteiger partial charge in [0.25, 0.3) is 5.91 Å². The van der Waals surface area contributed by atoms with Gasteiger partial charge in [0.1, 0.15) is 0 Å². The molecule has 2 N–H and O–H groups in total. The average Bonchev–Trinajstić information content (AvgIpc) is 3.12. The fourth-order valence-corrected chi connectivity index (χ4v) is 5.04. The van der Waals surface area contributed by atoms with E-state index < -0.39 is 5.60 Å². The van der Waals surface area contributed by atoms with E-state index in [4.69, 9.17) is 0 Å². The Balaban J connectivity index is 1.51. The summed E-state index contributed by atoms with van der Waals surface area (Å²) in [6.45, 7) is 4.76. The summed E-state index contributed by atoms with van der Waals surface area (Å²) < 4.78 is 0. The zero-order valence-electron chi connectivity index (χ0n) is 12.3. The van der Waals surface area contributed by atoms with Gasteiger partial charge in [-0.25, -0.2) is 0 Å². The van der Waals surface area contributed by atoms with Crippen LogP contribution >= 0.6 is 23.1 Å². The van der Waals surface area contributed by atoms with Crippen LogP contribution in [0.2, 0.25) is 0 Å². The van der Waals surface area contributed by atoms with Gasteiger partial charge in [-0.2, -0.15) is 11.8 Å². The van der Waals surface area contributed by atoms with Crippen molar-refractivity contribution in [1.82, 2.24) is 10.2 Å². The maximum Gasteiger partial charge on any atom is 0.252 e. The maximum atomic E-state index is 12.1. The number of thiophene rings is 1. The average molecular weight is 326 g/mol. The molecule has 0 bridgehead atoms. The molecule has 3 rings (SSSR count). The molecule has 116 valence electrons. The molecule has 0 radical (unpaired) electrons. The van der Waals surface area contributed by atoms with Gasteiger partial charge in [0.05, 0.1) is 0 Å². The van der Waals surface area contributed by atoms with Gasteiger partial charge >= 0.3 is 0 Å². The number of carbonyl (C=O) groups excluding carboxylic acids is 1. The second-order valence-electron chi connectivity index (χ2n) is 5.98. The third kappa shape index (κ3) is 3.28. The van der Waals surface area contributed by atoms with Gasteiger partial charge < -0.3 is 10.4 Å². The predicted molar refractivity (Wildman–Crippen MR) is 87.8 cm³/mol. The van der Waals surface area contributed by atoms with Gasteiger partial charge in [0.15, 0.2) is 5.60 Å². The number of aliphatic hydroxyl groups is 1. The molecular formula is C15H22N2O2S2. The Kier molecular flexibility index (Phi) is 4.59. The van der Waals surface area contributed by atoms with E-state index in [1.807, 2.05) is 11.3 Å². The second kappa shape index (κ2) is 6.28. The minimum absolute atomic E-state index is 0.201. The van der Waals surface area contributed by atoms with E-state index in [2.05, 4.69) is 28.6 Å². The molecule has 4 nitrogen and oxygen atoms in total. The summed E-state index contributed by atoms with van der Waals surface area (Å²) in [5.74, 6) is 1.19. The van der Waals surface area contributed by atoms with E-state index in [1.165, 1.54) is 10.4 Å². The molecule has 1 amide bonds. The molecule has 2 unspecified atom stereocenters. The highest BCUT2D eigenvalue weighted by atomic mass is 32.2. The lowest BCUT2D eigenvalue weighted by atomic mass is 10.0. The SMILES string of the molecule is CC(CNC(=O)C1(O)CCSC1)N1CCc2sccc2C1. The number of hydrogen-bond acceptors (Lipinski definition) is 5. The van der Waals surface area contributed by atoms with E-state index >= 15 is 0 Å². The van der Waals surface area contributed by atoms with Crippen LogP contribution in [0, 0.1) is 0 Å². The number of amides is 1. The Labute approximate surface area is 133 Å². The Morgan fingerprint density at radius 1 is 1.62 bits per heavy atom. The van der Waals surface area contributed by atoms with E-state index in [9.17, 15) is 9.90 Å². The number of rotatable bonds is 4. The van der Waals surface area contributed by atoms with Gasteiger partial charge in [0, 0.05) is 36.3 Å². The van der Waals surface area contributed by atoms with Crippen molar-refractivity contribution in [3.63, 3.8) is 0 Å². The van der Waals surface area contributed by atoms with Crippen LogP contribution in [0.5, 0.6) is 0 Å². The van der Waals surface area contributed by atoms with E-state index in [-0.39, 0.29) is 5.91 Å². The van der Waals surface area contributed by atoms with E-state index in [0.717, 1.165) is 25.3 Å². The van der Waals surface area contributed by atoms with Crippen molar-refractivity contribution >= 4 is 29.0 Å². The lowest BCUT2D eigenvalue weighted by Crippen LogP contribution is -2.51. The first-order chi connectivity index (χ1) is 10.1. The standard InChI is InChI=1S/C15H22N2O2S2/c1-11(8-16-14(18)15(19)4-7-20-10-15)17-5-2-13-12(9-17)3-6-21-13/h3,6,11,19H,2,4-5,7-10H2,1H3,(H,16,18). The molecule has 1 fully saturated rings. The van der Waals surface area contributed by atoms with Crippen molar-refractivity contribution in [2.75, 3.05) is 24.6 Å². The first-order valence-electron chi connectivity index (χ1n) is 7.46. The molecule has 0 spiro atoms. The summed E-state index contributed by atoms with van der Waals surface area (Å²) in [5.41, 5.74) is 0.280. The molecular weight excluding hydrogens is 304 g/mol. The number of nitrogens with one attached hydrogen (secondary N) is 1. The van der Waals surface area contributed by atoms with Crippen LogP contribution in [0.1, 0.15) is 23.8 Å². The number of carbonyl (C=O) groups is 1. The first-order valence-corrected chi connectivity index (χ1v) is 9.50. The van der Waals surface area contributed by atoms with Crippen LogP contribution < -0.4 is 5.32 Å². The predicted octanol–water partition coefficient (Wildman–Crippen LogP) is 1.48. The molecule has 2 aliphatic heterocycles. The highest BCUT2D eigenvalue weighted by molar-refractivity contribution is 7.99. The van der Waals surface area contributed by atoms with Gasteiger partial charge in [0.2, 0.25) is 0 Å². The molecule has 1 aromatic heterocycles. The minimum Gasteiger partial charge on any atom is -0.379 e. The van der Waals surface area contributed by atoms with E-state index in [0.29, 0.717) is 24.8 Å². The molecule has 0 aliphatic carbocycles.